The number of nitrogens with zero attached hydrogens (tertiary/aromatic N) is 2. The summed E-state index contributed by atoms with van der Waals surface area (Å²) in [6, 6.07) is 0.187. The number of rotatable bonds is 1. The maximum Gasteiger partial charge on any atom is 0.328 e. The van der Waals surface area contributed by atoms with Gasteiger partial charge < -0.3 is 0 Å². The Morgan fingerprint density at radius 2 is 2.42 bits per heavy atom. The molecule has 2 heterocycles. The van der Waals surface area contributed by atoms with Gasteiger partial charge in [0, 0.05) is 6.04 Å². The highest BCUT2D eigenvalue weighted by molar-refractivity contribution is 7.16. The van der Waals surface area contributed by atoms with Crippen LogP contribution in [0.1, 0.15) is 19.9 Å². The molecule has 0 aliphatic rings. The van der Waals surface area contributed by atoms with Gasteiger partial charge in [0.25, 0.3) is 0 Å². The summed E-state index contributed by atoms with van der Waals surface area (Å²) in [6.07, 6.45) is 0. The zero-order valence-corrected chi connectivity index (χ0v) is 7.68. The van der Waals surface area contributed by atoms with E-state index in [4.69, 9.17) is 0 Å². The van der Waals surface area contributed by atoms with E-state index in [2.05, 4.69) is 9.97 Å². The number of hydrogen-bond donors (Lipinski definition) is 1. The van der Waals surface area contributed by atoms with Crippen molar-refractivity contribution >= 4 is 21.8 Å². The second kappa shape index (κ2) is 2.45. The van der Waals surface area contributed by atoms with Gasteiger partial charge in [0.1, 0.15) is 4.83 Å². The van der Waals surface area contributed by atoms with Gasteiger partial charge in [-0.3, -0.25) is 9.55 Å². The molecule has 2 aromatic heterocycles. The number of nitrogens with one attached hydrogen (secondary N) is 1. The maximum atomic E-state index is 11.3. The fraction of sp³-hybridized carbons (Fsp3) is 0.429. The second-order valence-electron chi connectivity index (χ2n) is 2.90. The molecule has 2 rings (SSSR count). The lowest BCUT2D eigenvalue weighted by Gasteiger charge is -2.03. The fourth-order valence-electron chi connectivity index (χ4n) is 1.22. The smallest absolute Gasteiger partial charge is 0.289 e. The number of fused-ring (bicyclic) bond motifs is 1. The van der Waals surface area contributed by atoms with Crippen LogP contribution < -0.4 is 5.69 Å². The molecule has 0 aromatic carbocycles. The lowest BCUT2D eigenvalue weighted by molar-refractivity contribution is 0.600. The minimum absolute atomic E-state index is 0.0700. The van der Waals surface area contributed by atoms with E-state index in [1.54, 1.807) is 10.1 Å². The van der Waals surface area contributed by atoms with Crippen molar-refractivity contribution in [2.75, 3.05) is 0 Å². The molecule has 0 saturated heterocycles. The van der Waals surface area contributed by atoms with Crippen molar-refractivity contribution in [2.24, 2.45) is 0 Å². The van der Waals surface area contributed by atoms with Crippen LogP contribution in [0.5, 0.6) is 0 Å². The molecule has 0 aliphatic heterocycles. The molecule has 64 valence electrons. The largest absolute Gasteiger partial charge is 0.328 e. The quantitative estimate of drug-likeness (QED) is 0.725. The summed E-state index contributed by atoms with van der Waals surface area (Å²) in [5.74, 6) is 0. The molecule has 0 saturated carbocycles. The summed E-state index contributed by atoms with van der Waals surface area (Å²) in [5.41, 5.74) is 2.36. The van der Waals surface area contributed by atoms with E-state index < -0.39 is 0 Å². The number of aromatic nitrogens is 3. The van der Waals surface area contributed by atoms with E-state index in [0.29, 0.717) is 5.65 Å². The molecule has 0 bridgehead atoms. The van der Waals surface area contributed by atoms with Crippen LogP contribution in [-0.4, -0.2) is 14.5 Å². The van der Waals surface area contributed by atoms with Crippen molar-refractivity contribution in [1.82, 2.24) is 14.5 Å². The van der Waals surface area contributed by atoms with Crippen LogP contribution in [0.3, 0.4) is 0 Å². The Kier molecular flexibility index (Phi) is 1.54. The minimum Gasteiger partial charge on any atom is -0.289 e. The van der Waals surface area contributed by atoms with Crippen molar-refractivity contribution < 1.29 is 0 Å². The van der Waals surface area contributed by atoms with Gasteiger partial charge in [-0.15, -0.1) is 11.3 Å². The fourth-order valence-corrected chi connectivity index (χ4v) is 2.10. The Balaban J connectivity index is 2.85. The molecule has 2 aromatic rings. The molecule has 0 unspecified atom stereocenters. The third kappa shape index (κ3) is 0.896. The number of imidazole rings is 1. The van der Waals surface area contributed by atoms with Crippen molar-refractivity contribution in [3.63, 3.8) is 0 Å². The van der Waals surface area contributed by atoms with E-state index in [9.17, 15) is 4.79 Å². The number of H-pyrrole nitrogens is 1. The van der Waals surface area contributed by atoms with Crippen molar-refractivity contribution in [2.45, 2.75) is 19.9 Å². The highest BCUT2D eigenvalue weighted by Crippen LogP contribution is 2.17. The average molecular weight is 183 g/mol. The zero-order chi connectivity index (χ0) is 8.72. The monoisotopic (exact) mass is 183 g/mol. The summed E-state index contributed by atoms with van der Waals surface area (Å²) >= 11 is 1.48. The summed E-state index contributed by atoms with van der Waals surface area (Å²) < 4.78 is 1.72. The molecular weight excluding hydrogens is 174 g/mol. The second-order valence-corrected chi connectivity index (χ2v) is 3.73. The Bertz CT molecular complexity index is 450. The highest BCUT2D eigenvalue weighted by atomic mass is 32.1. The van der Waals surface area contributed by atoms with Gasteiger partial charge in [-0.2, -0.15) is 0 Å². The maximum absolute atomic E-state index is 11.3. The molecule has 5 heteroatoms. The van der Waals surface area contributed by atoms with Gasteiger partial charge in [-0.1, -0.05) is 0 Å². The first-order valence-electron chi connectivity index (χ1n) is 3.74. The lowest BCUT2D eigenvalue weighted by Crippen LogP contribution is -2.18. The van der Waals surface area contributed by atoms with Gasteiger partial charge in [-0.25, -0.2) is 9.78 Å². The van der Waals surface area contributed by atoms with Gasteiger partial charge in [0.15, 0.2) is 5.65 Å². The Labute approximate surface area is 72.9 Å². The molecular formula is C7H9N3OS. The van der Waals surface area contributed by atoms with Crippen LogP contribution in [0.25, 0.3) is 10.5 Å². The third-order valence-electron chi connectivity index (χ3n) is 1.73. The van der Waals surface area contributed by atoms with Gasteiger partial charge in [0.05, 0.1) is 5.51 Å². The molecule has 0 atom stereocenters. The van der Waals surface area contributed by atoms with Crippen molar-refractivity contribution in [1.29, 1.82) is 0 Å². The molecule has 4 nitrogen and oxygen atoms in total. The summed E-state index contributed by atoms with van der Waals surface area (Å²) in [6.45, 7) is 3.96. The molecule has 12 heavy (non-hydrogen) atoms. The topological polar surface area (TPSA) is 50.7 Å². The molecule has 0 fully saturated rings. The molecule has 0 amide bonds. The molecule has 0 radical (unpaired) electrons. The third-order valence-corrected chi connectivity index (χ3v) is 2.55. The van der Waals surface area contributed by atoms with Crippen LogP contribution in [0.4, 0.5) is 0 Å². The Hall–Kier alpha value is -1.10. The highest BCUT2D eigenvalue weighted by Gasteiger charge is 2.10. The lowest BCUT2D eigenvalue weighted by atomic mass is 10.4. The number of aromatic amines is 1. The van der Waals surface area contributed by atoms with Crippen LogP contribution in [-0.2, 0) is 0 Å². The van der Waals surface area contributed by atoms with Gasteiger partial charge in [0.2, 0.25) is 0 Å². The number of thiazole rings is 1. The van der Waals surface area contributed by atoms with Crippen LogP contribution in [0, 0.1) is 0 Å². The SMILES string of the molecule is CC(C)n1c(=O)[nH]c2ncsc21. The standard InChI is InChI=1S/C7H9N3OS/c1-4(2)10-6-5(8-3-12-6)9-7(10)11/h3-4H,1-2H3,(H,9,11). The van der Waals surface area contributed by atoms with E-state index in [-0.39, 0.29) is 11.7 Å². The molecule has 0 aliphatic carbocycles. The Morgan fingerprint density at radius 3 is 3.08 bits per heavy atom. The van der Waals surface area contributed by atoms with E-state index in [1.807, 2.05) is 13.8 Å². The van der Waals surface area contributed by atoms with Gasteiger partial charge in [-0.05, 0) is 13.8 Å². The Morgan fingerprint density at radius 1 is 1.67 bits per heavy atom. The van der Waals surface area contributed by atoms with E-state index in [1.165, 1.54) is 11.3 Å². The van der Waals surface area contributed by atoms with E-state index >= 15 is 0 Å². The molecule has 0 spiro atoms. The van der Waals surface area contributed by atoms with Crippen LogP contribution in [0.2, 0.25) is 0 Å². The average Bonchev–Trinajstić information content (AvgIpc) is 2.44. The summed E-state index contributed by atoms with van der Waals surface area (Å²) in [7, 11) is 0. The first kappa shape index (κ1) is 7.54. The van der Waals surface area contributed by atoms with Crippen molar-refractivity contribution in [3.8, 4) is 0 Å². The predicted octanol–water partition coefficient (Wildman–Crippen LogP) is 1.37. The van der Waals surface area contributed by atoms with Crippen LogP contribution >= 0.6 is 11.3 Å². The minimum atomic E-state index is -0.0700. The summed E-state index contributed by atoms with van der Waals surface area (Å²) in [4.78, 5) is 19.0. The normalized spacial score (nSPS) is 11.6. The zero-order valence-electron chi connectivity index (χ0n) is 6.87. The molecule has 1 N–H and O–H groups in total. The predicted molar refractivity (Wildman–Crippen MR) is 48.6 cm³/mol. The van der Waals surface area contributed by atoms with Crippen LogP contribution in [0.15, 0.2) is 10.3 Å². The number of hydrogen-bond acceptors (Lipinski definition) is 3. The van der Waals surface area contributed by atoms with Gasteiger partial charge >= 0.3 is 5.69 Å². The first-order chi connectivity index (χ1) is 5.70. The van der Waals surface area contributed by atoms with Crippen molar-refractivity contribution in [3.05, 3.63) is 16.0 Å². The van der Waals surface area contributed by atoms with E-state index in [0.717, 1.165) is 4.83 Å². The first-order valence-corrected chi connectivity index (χ1v) is 4.62. The summed E-state index contributed by atoms with van der Waals surface area (Å²) in [5, 5.41) is 0.